The van der Waals surface area contributed by atoms with Gasteiger partial charge in [-0.05, 0) is 24.3 Å². The second kappa shape index (κ2) is 9.19. The van der Waals surface area contributed by atoms with Gasteiger partial charge in [-0.1, -0.05) is 36.4 Å². The molecule has 4 N–H and O–H groups in total. The highest BCUT2D eigenvalue weighted by molar-refractivity contribution is 7.53. The molecule has 0 amide bonds. The minimum atomic E-state index is -3.14. The lowest BCUT2D eigenvalue weighted by atomic mass is 10.3. The van der Waals surface area contributed by atoms with E-state index in [4.69, 9.17) is 20.5 Å². The Hall–Kier alpha value is -1.81. The maximum absolute atomic E-state index is 12.1. The van der Waals surface area contributed by atoms with Crippen molar-refractivity contribution in [3.63, 3.8) is 0 Å². The fraction of sp³-hybridized carbons (Fsp3) is 0.200. The third-order valence-corrected chi connectivity index (χ3v) is 3.28. The molecule has 0 heterocycles. The Morgan fingerprint density at radius 2 is 1.14 bits per heavy atom. The zero-order valence-electron chi connectivity index (χ0n) is 12.0. The Morgan fingerprint density at radius 3 is 1.43 bits per heavy atom. The molecule has 21 heavy (non-hydrogen) atoms. The van der Waals surface area contributed by atoms with Crippen molar-refractivity contribution in [1.82, 2.24) is 0 Å². The molecule has 0 saturated carbocycles. The fourth-order valence-corrected chi connectivity index (χ4v) is 2.41. The van der Waals surface area contributed by atoms with Crippen LogP contribution in [-0.2, 0) is 4.57 Å². The molecular weight excluding hydrogens is 287 g/mol. The van der Waals surface area contributed by atoms with Crippen molar-refractivity contribution in [3.8, 4) is 11.5 Å². The molecule has 0 atom stereocenters. The molecule has 0 aliphatic rings. The monoisotopic (exact) mass is 308 g/mol. The van der Waals surface area contributed by atoms with Crippen LogP contribution in [0.25, 0.3) is 0 Å². The first kappa shape index (κ1) is 17.2. The third kappa shape index (κ3) is 7.51. The summed E-state index contributed by atoms with van der Waals surface area (Å²) < 4.78 is 22.8. The van der Waals surface area contributed by atoms with Crippen LogP contribution in [0.15, 0.2) is 60.7 Å². The average Bonchev–Trinajstić information content (AvgIpc) is 2.48. The third-order valence-electron chi connectivity index (χ3n) is 2.20. The molecule has 2 aromatic carbocycles. The molecule has 0 bridgehead atoms. The van der Waals surface area contributed by atoms with Gasteiger partial charge in [-0.15, -0.1) is 0 Å². The standard InChI is InChI=1S/C13H13O3P.C2H8N2/c1-17(14,15-12-8-4-2-5-9-12)16-13-10-6-3-7-11-13;3-1-2-4/h2-11H,1H3;1-4H2. The van der Waals surface area contributed by atoms with Gasteiger partial charge in [0.2, 0.25) is 0 Å². The van der Waals surface area contributed by atoms with Gasteiger partial charge in [-0.25, -0.2) is 4.57 Å². The van der Waals surface area contributed by atoms with E-state index in [2.05, 4.69) is 0 Å². The van der Waals surface area contributed by atoms with Crippen LogP contribution in [0, 0.1) is 0 Å². The Labute approximate surface area is 125 Å². The van der Waals surface area contributed by atoms with Crippen LogP contribution in [-0.4, -0.2) is 19.8 Å². The van der Waals surface area contributed by atoms with E-state index in [-0.39, 0.29) is 0 Å². The number of benzene rings is 2. The molecule has 0 radical (unpaired) electrons. The summed E-state index contributed by atoms with van der Waals surface area (Å²) in [7, 11) is -3.14. The number of hydrogen-bond donors (Lipinski definition) is 2. The van der Waals surface area contributed by atoms with E-state index in [0.29, 0.717) is 24.6 Å². The lowest BCUT2D eigenvalue weighted by Gasteiger charge is -2.15. The van der Waals surface area contributed by atoms with Gasteiger partial charge in [-0.3, -0.25) is 0 Å². The van der Waals surface area contributed by atoms with Gasteiger partial charge in [0, 0.05) is 13.1 Å². The summed E-state index contributed by atoms with van der Waals surface area (Å²) >= 11 is 0. The number of nitrogens with two attached hydrogens (primary N) is 2. The summed E-state index contributed by atoms with van der Waals surface area (Å²) in [6.07, 6.45) is 0. The Balaban J connectivity index is 0.000000491. The Bertz CT molecular complexity index is 502. The maximum Gasteiger partial charge on any atom is 0.427 e. The molecule has 0 aliphatic carbocycles. The molecule has 0 aliphatic heterocycles. The number of rotatable bonds is 5. The van der Waals surface area contributed by atoms with Crippen molar-refractivity contribution in [2.24, 2.45) is 11.5 Å². The second-order valence-electron chi connectivity index (χ2n) is 4.16. The Morgan fingerprint density at radius 1 is 0.810 bits per heavy atom. The van der Waals surface area contributed by atoms with E-state index in [1.54, 1.807) is 24.3 Å². The highest BCUT2D eigenvalue weighted by Crippen LogP contribution is 2.44. The molecule has 0 unspecified atom stereocenters. The van der Waals surface area contributed by atoms with Crippen molar-refractivity contribution >= 4 is 7.60 Å². The van der Waals surface area contributed by atoms with Crippen LogP contribution in [0.4, 0.5) is 0 Å². The van der Waals surface area contributed by atoms with E-state index < -0.39 is 7.60 Å². The van der Waals surface area contributed by atoms with Gasteiger partial charge in [0.15, 0.2) is 0 Å². The molecule has 0 saturated heterocycles. The van der Waals surface area contributed by atoms with Crippen LogP contribution in [0.1, 0.15) is 0 Å². The maximum atomic E-state index is 12.1. The summed E-state index contributed by atoms with van der Waals surface area (Å²) in [4.78, 5) is 0. The molecule has 6 heteroatoms. The predicted octanol–water partition coefficient (Wildman–Crippen LogP) is 2.87. The minimum Gasteiger partial charge on any atom is -0.416 e. The summed E-state index contributed by atoms with van der Waals surface area (Å²) in [5.74, 6) is 1.07. The van der Waals surface area contributed by atoms with Gasteiger partial charge in [0.25, 0.3) is 0 Å². The lowest BCUT2D eigenvalue weighted by molar-refractivity contribution is 0.393. The summed E-state index contributed by atoms with van der Waals surface area (Å²) in [5, 5.41) is 0. The van der Waals surface area contributed by atoms with E-state index in [1.165, 1.54) is 6.66 Å². The van der Waals surface area contributed by atoms with Crippen LogP contribution in [0.3, 0.4) is 0 Å². The summed E-state index contributed by atoms with van der Waals surface area (Å²) in [6.45, 7) is 2.65. The zero-order valence-corrected chi connectivity index (χ0v) is 12.9. The van der Waals surface area contributed by atoms with Crippen molar-refractivity contribution < 1.29 is 13.6 Å². The quantitative estimate of drug-likeness (QED) is 0.829. The molecule has 0 aromatic heterocycles. The van der Waals surface area contributed by atoms with E-state index in [9.17, 15) is 4.57 Å². The van der Waals surface area contributed by atoms with Gasteiger partial charge in [0.1, 0.15) is 11.5 Å². The van der Waals surface area contributed by atoms with Crippen molar-refractivity contribution in [2.75, 3.05) is 19.8 Å². The Kier molecular flexibility index (Phi) is 7.54. The second-order valence-corrected chi connectivity index (χ2v) is 6.07. The van der Waals surface area contributed by atoms with Crippen LogP contribution < -0.4 is 20.5 Å². The van der Waals surface area contributed by atoms with Crippen LogP contribution >= 0.6 is 7.60 Å². The molecule has 0 fully saturated rings. The van der Waals surface area contributed by atoms with Gasteiger partial charge >= 0.3 is 7.60 Å². The van der Waals surface area contributed by atoms with Gasteiger partial charge in [0.05, 0.1) is 6.66 Å². The van der Waals surface area contributed by atoms with Crippen molar-refractivity contribution in [1.29, 1.82) is 0 Å². The molecule has 2 rings (SSSR count). The van der Waals surface area contributed by atoms with Gasteiger partial charge in [-0.2, -0.15) is 0 Å². The average molecular weight is 308 g/mol. The van der Waals surface area contributed by atoms with E-state index in [0.717, 1.165) is 0 Å². The first-order valence-electron chi connectivity index (χ1n) is 6.54. The summed E-state index contributed by atoms with van der Waals surface area (Å²) in [6, 6.07) is 18.0. The SMILES string of the molecule is CP(=O)(Oc1ccccc1)Oc1ccccc1.NCCN. The van der Waals surface area contributed by atoms with Crippen molar-refractivity contribution in [2.45, 2.75) is 0 Å². The molecular formula is C15H21N2O3P. The molecule has 2 aromatic rings. The van der Waals surface area contributed by atoms with E-state index >= 15 is 0 Å². The first-order valence-corrected chi connectivity index (χ1v) is 8.53. The van der Waals surface area contributed by atoms with Crippen LogP contribution in [0.2, 0.25) is 0 Å². The topological polar surface area (TPSA) is 87.6 Å². The fourth-order valence-electron chi connectivity index (χ4n) is 1.36. The number of hydrogen-bond acceptors (Lipinski definition) is 5. The smallest absolute Gasteiger partial charge is 0.416 e. The first-order chi connectivity index (χ1) is 10.1. The minimum absolute atomic E-state index is 0.536. The van der Waals surface area contributed by atoms with Crippen LogP contribution in [0.5, 0.6) is 11.5 Å². The lowest BCUT2D eigenvalue weighted by Crippen LogP contribution is -2.11. The highest BCUT2D eigenvalue weighted by atomic mass is 31.2. The van der Waals surface area contributed by atoms with E-state index in [1.807, 2.05) is 36.4 Å². The normalized spacial score (nSPS) is 10.2. The summed E-state index contributed by atoms with van der Waals surface area (Å²) in [5.41, 5.74) is 9.81. The largest absolute Gasteiger partial charge is 0.427 e. The number of para-hydroxylation sites is 2. The molecule has 114 valence electrons. The zero-order chi connectivity index (χ0) is 15.6. The van der Waals surface area contributed by atoms with Crippen molar-refractivity contribution in [3.05, 3.63) is 60.7 Å². The molecule has 5 nitrogen and oxygen atoms in total. The highest BCUT2D eigenvalue weighted by Gasteiger charge is 2.19. The predicted molar refractivity (Wildman–Crippen MR) is 85.8 cm³/mol. The van der Waals surface area contributed by atoms with Gasteiger partial charge < -0.3 is 20.5 Å². The molecule has 0 spiro atoms.